The molecule has 2 aromatic rings. The molecule has 0 saturated carbocycles. The van der Waals surface area contributed by atoms with Crippen LogP contribution in [0.5, 0.6) is 11.5 Å². The highest BCUT2D eigenvalue weighted by atomic mass is 127. The Morgan fingerprint density at radius 3 is 2.56 bits per heavy atom. The van der Waals surface area contributed by atoms with E-state index in [2.05, 4.69) is 40.8 Å². The normalized spacial score (nSPS) is 24.0. The number of halogens is 1. The van der Waals surface area contributed by atoms with E-state index < -0.39 is 29.7 Å². The van der Waals surface area contributed by atoms with Crippen molar-refractivity contribution in [2.75, 3.05) is 34.5 Å². The third kappa shape index (κ3) is 5.52. The lowest BCUT2D eigenvalue weighted by molar-refractivity contribution is -0.137. The van der Waals surface area contributed by atoms with E-state index in [9.17, 15) is 19.5 Å². The highest BCUT2D eigenvalue weighted by Crippen LogP contribution is 2.50. The summed E-state index contributed by atoms with van der Waals surface area (Å²) in [4.78, 5) is 39.3. The molecule has 0 spiro atoms. The van der Waals surface area contributed by atoms with E-state index in [1.54, 1.807) is 13.2 Å². The number of carbonyl (C=O) groups is 3. The largest absolute Gasteiger partial charge is 0.504 e. The topological polar surface area (TPSA) is 112 Å². The van der Waals surface area contributed by atoms with Crippen LogP contribution < -0.4 is 4.74 Å². The molecule has 41 heavy (non-hydrogen) atoms. The van der Waals surface area contributed by atoms with Crippen LogP contribution >= 0.6 is 22.6 Å². The molecule has 5 rings (SSSR count). The molecule has 2 aromatic carbocycles. The van der Waals surface area contributed by atoms with E-state index in [0.29, 0.717) is 46.7 Å². The van der Waals surface area contributed by atoms with Crippen molar-refractivity contribution < 1.29 is 38.4 Å². The zero-order chi connectivity index (χ0) is 29.3. The number of rotatable bonds is 8. The number of hydrogen-bond acceptors (Lipinski definition) is 8. The number of ether oxygens (including phenoxy) is 4. The van der Waals surface area contributed by atoms with Gasteiger partial charge in [0, 0.05) is 13.0 Å². The first-order valence-corrected chi connectivity index (χ1v) is 14.5. The van der Waals surface area contributed by atoms with Crippen molar-refractivity contribution >= 4 is 52.1 Å². The van der Waals surface area contributed by atoms with E-state index in [1.807, 2.05) is 24.3 Å². The molecule has 3 amide bonds. The van der Waals surface area contributed by atoms with Gasteiger partial charge in [-0.25, -0.2) is 4.79 Å². The van der Waals surface area contributed by atoms with Gasteiger partial charge in [0.2, 0.25) is 11.8 Å². The van der Waals surface area contributed by atoms with Crippen molar-refractivity contribution in [2.24, 2.45) is 17.8 Å². The standard InChI is InChI=1S/C31H32INO8/c1-38-15-20-14-21-27(30(36)33(29(21)35)31(37)40-3)22-16-41-24(26(20)22)10-9-19(18-7-5-4-6-8-18)11-17-12-23(32)28(34)25(13-17)39-2/h4-8,11-13,21-22,24,27,34H,9-10,14-16H2,1-3H3/b19-11-/t21-,22+,24-,27-/m1/s1. The number of nitrogens with zero attached hydrogens (tertiary/aromatic N) is 1. The lowest BCUT2D eigenvalue weighted by Gasteiger charge is -2.31. The van der Waals surface area contributed by atoms with Gasteiger partial charge in [-0.1, -0.05) is 36.4 Å². The number of methoxy groups -OCH3 is 3. The Hall–Kier alpha value is -3.22. The Morgan fingerprint density at radius 2 is 1.88 bits per heavy atom. The molecule has 9 nitrogen and oxygen atoms in total. The number of likely N-dealkylation sites (tertiary alicyclic amines) is 1. The zero-order valence-corrected chi connectivity index (χ0v) is 25.3. The van der Waals surface area contributed by atoms with E-state index in [0.717, 1.165) is 35.0 Å². The molecule has 4 atom stereocenters. The number of hydrogen-bond donors (Lipinski definition) is 1. The molecule has 2 fully saturated rings. The van der Waals surface area contributed by atoms with E-state index in [-0.39, 0.29) is 17.8 Å². The Bertz CT molecular complexity index is 1420. The molecule has 216 valence electrons. The van der Waals surface area contributed by atoms with Gasteiger partial charge < -0.3 is 24.1 Å². The number of imide groups is 3. The van der Waals surface area contributed by atoms with Gasteiger partial charge in [0.15, 0.2) is 11.5 Å². The maximum atomic E-state index is 13.3. The van der Waals surface area contributed by atoms with E-state index in [1.165, 1.54) is 7.11 Å². The molecule has 0 aromatic heterocycles. The maximum Gasteiger partial charge on any atom is 0.423 e. The van der Waals surface area contributed by atoms with Crippen molar-refractivity contribution in [3.63, 3.8) is 0 Å². The average molecular weight is 674 g/mol. The highest BCUT2D eigenvalue weighted by Gasteiger charge is 2.58. The molecule has 1 aliphatic carbocycles. The Labute approximate surface area is 252 Å². The summed E-state index contributed by atoms with van der Waals surface area (Å²) in [6.07, 6.45) is 2.53. The highest BCUT2D eigenvalue weighted by molar-refractivity contribution is 14.1. The van der Waals surface area contributed by atoms with E-state index in [4.69, 9.17) is 18.9 Å². The first-order chi connectivity index (χ1) is 19.8. The van der Waals surface area contributed by atoms with Crippen LogP contribution in [-0.4, -0.2) is 68.6 Å². The summed E-state index contributed by atoms with van der Waals surface area (Å²) < 4.78 is 22.6. The predicted octanol–water partition coefficient (Wildman–Crippen LogP) is 5.06. The number of aromatic hydroxyl groups is 1. The van der Waals surface area contributed by atoms with Gasteiger partial charge in [0.1, 0.15) is 0 Å². The number of allylic oxidation sites excluding steroid dienone is 1. The quantitative estimate of drug-likeness (QED) is 0.179. The van der Waals surface area contributed by atoms with Crippen molar-refractivity contribution in [3.05, 3.63) is 68.3 Å². The summed E-state index contributed by atoms with van der Waals surface area (Å²) in [6.45, 7) is 0.613. The van der Waals surface area contributed by atoms with Gasteiger partial charge in [0.05, 0.1) is 48.9 Å². The number of phenolic OH excluding ortho intramolecular Hbond substituents is 1. The Balaban J connectivity index is 1.45. The fourth-order valence-electron chi connectivity index (χ4n) is 6.32. The molecule has 0 unspecified atom stereocenters. The predicted molar refractivity (Wildman–Crippen MR) is 159 cm³/mol. The molecule has 2 heterocycles. The summed E-state index contributed by atoms with van der Waals surface area (Å²) in [5.41, 5.74) is 4.99. The van der Waals surface area contributed by atoms with Crippen molar-refractivity contribution in [1.82, 2.24) is 4.90 Å². The minimum atomic E-state index is -0.946. The first kappa shape index (κ1) is 29.3. The molecule has 2 saturated heterocycles. The van der Waals surface area contributed by atoms with Crippen LogP contribution in [0, 0.1) is 21.3 Å². The second-order valence-electron chi connectivity index (χ2n) is 10.4. The van der Waals surface area contributed by atoms with Gasteiger partial charge in [-0.05, 0) is 81.8 Å². The molecule has 0 bridgehead atoms. The minimum absolute atomic E-state index is 0.107. The van der Waals surface area contributed by atoms with Crippen LogP contribution in [0.15, 0.2) is 53.6 Å². The average Bonchev–Trinajstić information content (AvgIpc) is 3.51. The molecule has 10 heteroatoms. The number of amides is 3. The summed E-state index contributed by atoms with van der Waals surface area (Å²) in [5.74, 6) is -2.11. The third-order valence-corrected chi connectivity index (χ3v) is 8.94. The molecule has 2 aliphatic heterocycles. The van der Waals surface area contributed by atoms with Crippen molar-refractivity contribution in [3.8, 4) is 11.5 Å². The fourth-order valence-corrected chi connectivity index (χ4v) is 6.95. The molecule has 1 N–H and O–H groups in total. The fraction of sp³-hybridized carbons (Fsp3) is 0.387. The monoisotopic (exact) mass is 673 g/mol. The smallest absolute Gasteiger partial charge is 0.423 e. The summed E-state index contributed by atoms with van der Waals surface area (Å²) >= 11 is 2.09. The van der Waals surface area contributed by atoms with Crippen LogP contribution in [-0.2, 0) is 23.8 Å². The van der Waals surface area contributed by atoms with Crippen LogP contribution in [0.1, 0.15) is 30.4 Å². The van der Waals surface area contributed by atoms with Crippen molar-refractivity contribution in [1.29, 1.82) is 0 Å². The SMILES string of the molecule is COCC1=C2[C@@H](CC/C(=C/c3cc(I)c(O)c(OC)c3)c3ccccc3)OC[C@@H]2[C@@H]2C(=O)N(C(=O)OC)C(=O)[C@@H]2C1. The van der Waals surface area contributed by atoms with Crippen LogP contribution in [0.25, 0.3) is 11.6 Å². The van der Waals surface area contributed by atoms with Crippen LogP contribution in [0.4, 0.5) is 4.79 Å². The maximum absolute atomic E-state index is 13.3. The van der Waals surface area contributed by atoms with Crippen molar-refractivity contribution in [2.45, 2.75) is 25.4 Å². The number of benzene rings is 2. The molecule has 0 radical (unpaired) electrons. The summed E-state index contributed by atoms with van der Waals surface area (Å²) in [5, 5.41) is 10.3. The minimum Gasteiger partial charge on any atom is -0.504 e. The summed E-state index contributed by atoms with van der Waals surface area (Å²) in [7, 11) is 4.29. The van der Waals surface area contributed by atoms with Gasteiger partial charge >= 0.3 is 6.09 Å². The Morgan fingerprint density at radius 1 is 1.12 bits per heavy atom. The first-order valence-electron chi connectivity index (χ1n) is 13.4. The number of phenols is 1. The lowest BCUT2D eigenvalue weighted by atomic mass is 9.69. The molecular weight excluding hydrogens is 641 g/mol. The van der Waals surface area contributed by atoms with E-state index >= 15 is 0 Å². The van der Waals surface area contributed by atoms with Gasteiger partial charge in [-0.15, -0.1) is 0 Å². The number of carbonyl (C=O) groups excluding carboxylic acids is 3. The third-order valence-electron chi connectivity index (χ3n) is 8.12. The van der Waals surface area contributed by atoms with Crippen LogP contribution in [0.2, 0.25) is 0 Å². The zero-order valence-electron chi connectivity index (χ0n) is 23.1. The van der Waals surface area contributed by atoms with Gasteiger partial charge in [0.25, 0.3) is 0 Å². The van der Waals surface area contributed by atoms with Gasteiger partial charge in [-0.2, -0.15) is 4.90 Å². The number of fused-ring (bicyclic) bond motifs is 3. The summed E-state index contributed by atoms with van der Waals surface area (Å²) in [6, 6.07) is 13.8. The van der Waals surface area contributed by atoms with Gasteiger partial charge in [-0.3, -0.25) is 9.59 Å². The molecular formula is C31H32INO8. The second kappa shape index (κ2) is 12.3. The second-order valence-corrected chi connectivity index (χ2v) is 11.5. The molecule has 3 aliphatic rings. The van der Waals surface area contributed by atoms with Crippen LogP contribution in [0.3, 0.4) is 0 Å². The Kier molecular flexibility index (Phi) is 8.81. The lowest BCUT2D eigenvalue weighted by Crippen LogP contribution is -2.38.